The molecule has 0 bridgehead atoms. The first-order valence-electron chi connectivity index (χ1n) is 13.9. The Balaban J connectivity index is 2.15. The lowest BCUT2D eigenvalue weighted by Crippen LogP contribution is -2.80. The second kappa shape index (κ2) is 11.9. The molecular formula is C30H33F6N2O7+. The van der Waals surface area contributed by atoms with E-state index in [2.05, 4.69) is 14.8 Å². The Labute approximate surface area is 254 Å². The summed E-state index contributed by atoms with van der Waals surface area (Å²) in [5, 5.41) is 14.0. The van der Waals surface area contributed by atoms with E-state index in [0.29, 0.717) is 0 Å². The van der Waals surface area contributed by atoms with Gasteiger partial charge >= 0.3 is 24.6 Å². The summed E-state index contributed by atoms with van der Waals surface area (Å²) in [7, 11) is 0. The van der Waals surface area contributed by atoms with Crippen molar-refractivity contribution in [3.8, 4) is 11.5 Å². The van der Waals surface area contributed by atoms with E-state index in [1.165, 1.54) is 25.1 Å². The van der Waals surface area contributed by atoms with Gasteiger partial charge in [0.05, 0.1) is 18.0 Å². The van der Waals surface area contributed by atoms with Crippen molar-refractivity contribution in [1.82, 2.24) is 9.80 Å². The zero-order valence-corrected chi connectivity index (χ0v) is 24.8. The molecule has 9 nitrogen and oxygen atoms in total. The third kappa shape index (κ3) is 6.65. The molecule has 2 aliphatic rings. The number of nitrogens with one attached hydrogen (secondary N) is 1. The zero-order valence-electron chi connectivity index (χ0n) is 24.8. The number of aliphatic carboxylic acids is 1. The van der Waals surface area contributed by atoms with Crippen LogP contribution in [-0.4, -0.2) is 67.3 Å². The van der Waals surface area contributed by atoms with Crippen LogP contribution in [0.5, 0.6) is 11.5 Å². The van der Waals surface area contributed by atoms with Gasteiger partial charge in [0.1, 0.15) is 29.1 Å². The van der Waals surface area contributed by atoms with Crippen molar-refractivity contribution in [3.63, 3.8) is 0 Å². The number of carboxylic acids is 1. The van der Waals surface area contributed by atoms with Gasteiger partial charge in [-0.15, -0.1) is 26.3 Å². The first-order valence-corrected chi connectivity index (χ1v) is 13.9. The lowest BCUT2D eigenvalue weighted by atomic mass is 9.70. The Bertz CT molecular complexity index is 1470. The third-order valence-corrected chi connectivity index (χ3v) is 8.01. The number of Topliss-reactive ketones (excluding diaryl/α,β-unsaturated/α-hetero) is 1. The lowest BCUT2D eigenvalue weighted by Gasteiger charge is -2.54. The van der Waals surface area contributed by atoms with E-state index < -0.39 is 75.9 Å². The highest BCUT2D eigenvalue weighted by Crippen LogP contribution is 2.52. The van der Waals surface area contributed by atoms with E-state index in [1.807, 2.05) is 0 Å². The molecule has 0 aliphatic carbocycles. The summed E-state index contributed by atoms with van der Waals surface area (Å²) in [4.78, 5) is 41.3. The van der Waals surface area contributed by atoms with E-state index in [4.69, 9.17) is 4.74 Å². The average molecular weight is 648 g/mol. The minimum Gasteiger partial charge on any atom is -0.477 e. The van der Waals surface area contributed by atoms with Gasteiger partial charge in [-0.3, -0.25) is 4.79 Å². The van der Waals surface area contributed by atoms with Crippen LogP contribution < -0.4 is 19.3 Å². The Morgan fingerprint density at radius 1 is 1.02 bits per heavy atom. The summed E-state index contributed by atoms with van der Waals surface area (Å²) in [5.41, 5.74) is -3.72. The number of hydrogen-bond donors (Lipinski definition) is 2. The van der Waals surface area contributed by atoms with E-state index in [1.54, 1.807) is 20.8 Å². The van der Waals surface area contributed by atoms with Crippen LogP contribution in [0.25, 0.3) is 0 Å². The molecule has 4 rings (SSSR count). The average Bonchev–Trinajstić information content (AvgIpc) is 3.01. The van der Waals surface area contributed by atoms with Crippen LogP contribution in [0, 0.1) is 11.3 Å². The zero-order chi connectivity index (χ0) is 33.6. The molecule has 15 heteroatoms. The number of carboxylic acid groups (broad SMARTS) is 1. The highest BCUT2D eigenvalue weighted by atomic mass is 19.4. The number of benzene rings is 2. The number of halogens is 6. The lowest BCUT2D eigenvalue weighted by molar-refractivity contribution is -0.276. The van der Waals surface area contributed by atoms with Crippen molar-refractivity contribution in [3.05, 3.63) is 53.6 Å². The molecular weight excluding hydrogens is 614 g/mol. The summed E-state index contributed by atoms with van der Waals surface area (Å²) in [6.07, 6.45) is -12.2. The molecule has 0 saturated carbocycles. The topological polar surface area (TPSA) is 111 Å². The normalized spacial score (nSPS) is 26.0. The molecule has 2 aromatic carbocycles. The number of rotatable bonds is 7. The monoisotopic (exact) mass is 647 g/mol. The summed E-state index contributed by atoms with van der Waals surface area (Å²) in [5.74, 6) is -5.71. The number of amides is 1. The van der Waals surface area contributed by atoms with Gasteiger partial charge in [0, 0.05) is 36.6 Å². The van der Waals surface area contributed by atoms with Gasteiger partial charge in [-0.25, -0.2) is 14.1 Å². The van der Waals surface area contributed by atoms with E-state index in [0.717, 1.165) is 24.3 Å². The quantitative estimate of drug-likeness (QED) is 0.299. The number of para-hydroxylation sites is 1. The van der Waals surface area contributed by atoms with Crippen molar-refractivity contribution in [2.75, 3.05) is 26.2 Å². The molecule has 1 amide bonds. The van der Waals surface area contributed by atoms with Crippen LogP contribution in [0.3, 0.4) is 0 Å². The number of alkyl halides is 6. The van der Waals surface area contributed by atoms with Gasteiger partial charge in [-0.2, -0.15) is 0 Å². The maximum atomic E-state index is 14.6. The molecule has 0 spiro atoms. The van der Waals surface area contributed by atoms with Gasteiger partial charge in [-0.05, 0) is 25.1 Å². The number of hydrogen-bond acceptors (Lipinski definition) is 7. The minimum atomic E-state index is -5.17. The molecule has 45 heavy (non-hydrogen) atoms. The Kier molecular flexibility index (Phi) is 9.05. The summed E-state index contributed by atoms with van der Waals surface area (Å²) >= 11 is 0. The van der Waals surface area contributed by atoms with Crippen molar-refractivity contribution in [2.24, 2.45) is 11.3 Å². The Morgan fingerprint density at radius 3 is 2.24 bits per heavy atom. The highest BCUT2D eigenvalue weighted by molar-refractivity contribution is 6.02. The molecule has 2 heterocycles. The number of carbonyl (C=O) groups excluding carboxylic acids is 2. The van der Waals surface area contributed by atoms with E-state index >= 15 is 0 Å². The number of ether oxygens (including phenoxy) is 3. The maximum Gasteiger partial charge on any atom is 0.573 e. The molecule has 2 N–H and O–H groups in total. The van der Waals surface area contributed by atoms with E-state index in [-0.39, 0.29) is 42.9 Å². The van der Waals surface area contributed by atoms with Crippen LogP contribution >= 0.6 is 0 Å². The fourth-order valence-corrected chi connectivity index (χ4v) is 6.64. The minimum absolute atomic E-state index is 0.0741. The van der Waals surface area contributed by atoms with Crippen LogP contribution in [0.4, 0.5) is 32.0 Å². The van der Waals surface area contributed by atoms with Crippen LogP contribution in [0.2, 0.25) is 0 Å². The molecule has 0 aromatic heterocycles. The summed E-state index contributed by atoms with van der Waals surface area (Å²) in [6, 6.07) is 7.61. The van der Waals surface area contributed by atoms with Crippen LogP contribution in [-0.2, 0) is 19.1 Å². The second-order valence-corrected chi connectivity index (χ2v) is 12.3. The Morgan fingerprint density at radius 2 is 1.67 bits per heavy atom. The van der Waals surface area contributed by atoms with Gasteiger partial charge < -0.3 is 24.6 Å². The maximum absolute atomic E-state index is 14.6. The Hall–Kier alpha value is -3.69. The third-order valence-electron chi connectivity index (χ3n) is 8.01. The highest BCUT2D eigenvalue weighted by Gasteiger charge is 2.70. The van der Waals surface area contributed by atoms with Crippen LogP contribution in [0.1, 0.15) is 51.3 Å². The number of fused-ring (bicyclic) bond motifs is 1. The van der Waals surface area contributed by atoms with Crippen molar-refractivity contribution >= 4 is 23.3 Å². The fourth-order valence-electron chi connectivity index (χ4n) is 6.64. The van der Waals surface area contributed by atoms with Crippen molar-refractivity contribution in [1.29, 1.82) is 0 Å². The number of piperidine rings is 1. The first kappa shape index (κ1) is 34.2. The molecule has 246 valence electrons. The molecule has 4 atom stereocenters. The van der Waals surface area contributed by atoms with E-state index in [9.17, 15) is 45.8 Å². The molecule has 0 radical (unpaired) electrons. The van der Waals surface area contributed by atoms with Crippen LogP contribution in [0.15, 0.2) is 42.5 Å². The molecule has 1 unspecified atom stereocenters. The molecule has 2 aliphatic heterocycles. The summed E-state index contributed by atoms with van der Waals surface area (Å²) in [6.45, 7) is 5.18. The predicted molar refractivity (Wildman–Crippen MR) is 147 cm³/mol. The largest absolute Gasteiger partial charge is 0.573 e. The predicted octanol–water partition coefficient (Wildman–Crippen LogP) is 5.51. The number of ketones is 1. The summed E-state index contributed by atoms with van der Waals surface area (Å²) < 4.78 is 93.6. The van der Waals surface area contributed by atoms with Crippen molar-refractivity contribution < 1.29 is 60.0 Å². The SMILES string of the molecule is CC(=O)[C@H]1CNCC[C@]1(C(=O)O)[N@+]1(CC(C)(C)C)C(=O)COC(c2ccccc2OC(F)(F)F)c2cc(OC(F)(F)F)ccc21. The fraction of sp³-hybridized carbons (Fsp3) is 0.500. The van der Waals surface area contributed by atoms with Gasteiger partial charge in [0.2, 0.25) is 5.54 Å². The molecule has 1 fully saturated rings. The van der Waals surface area contributed by atoms with Gasteiger partial charge in [0.15, 0.2) is 6.61 Å². The smallest absolute Gasteiger partial charge is 0.477 e. The number of carbonyl (C=O) groups is 3. The molecule has 2 aromatic rings. The van der Waals surface area contributed by atoms with Crippen molar-refractivity contribution in [2.45, 2.75) is 58.5 Å². The van der Waals surface area contributed by atoms with Gasteiger partial charge in [-0.1, -0.05) is 39.0 Å². The second-order valence-electron chi connectivity index (χ2n) is 12.3. The first-order chi connectivity index (χ1) is 20.7. The number of nitrogens with zero attached hydrogens (tertiary/aromatic N) is 1. The number of quaternary nitrogens is 1. The van der Waals surface area contributed by atoms with Gasteiger partial charge in [0.25, 0.3) is 0 Å². The standard InChI is InChI=1S/C30H32F6N2O7/c1-17(39)21-14-37-12-11-28(21,26(41)42)38(16-27(2,3)4)22-10-9-18(44-29(31,32)33)13-20(22)25(43-15-24(38)40)19-7-5-6-8-23(19)45-30(34,35)36/h5-10,13,21,25,37H,11-12,14-16H2,1-4H3/p+1/t21-,25?,28+,38+/m1/s1. The molecule has 1 saturated heterocycles.